The Balaban J connectivity index is 0.000000304. The molecule has 1 rings (SSSR count). The minimum atomic E-state index is 0.662. The van der Waals surface area contributed by atoms with Gasteiger partial charge < -0.3 is 22.9 Å². The molecule has 4 nitrogen and oxygen atoms in total. The number of rotatable bonds is 5. The summed E-state index contributed by atoms with van der Waals surface area (Å²) in [6.07, 6.45) is 4.79. The van der Waals surface area contributed by atoms with Crippen molar-refractivity contribution in [2.45, 2.75) is 32.6 Å². The SMILES string of the molecule is Cc1cccc(N)c1N.NCCCCCCN. The van der Waals surface area contributed by atoms with E-state index in [1.165, 1.54) is 12.8 Å². The number of nitrogens with two attached hydrogens (primary N) is 4. The van der Waals surface area contributed by atoms with Gasteiger partial charge in [0.1, 0.15) is 0 Å². The first-order valence-electron chi connectivity index (χ1n) is 6.14. The van der Waals surface area contributed by atoms with Gasteiger partial charge >= 0.3 is 0 Å². The average molecular weight is 238 g/mol. The second-order valence-corrected chi connectivity index (χ2v) is 4.07. The topological polar surface area (TPSA) is 104 Å². The molecule has 0 aliphatic heterocycles. The van der Waals surface area contributed by atoms with E-state index in [0.717, 1.165) is 31.5 Å². The van der Waals surface area contributed by atoms with Crippen molar-refractivity contribution in [2.75, 3.05) is 24.6 Å². The van der Waals surface area contributed by atoms with Gasteiger partial charge in [-0.25, -0.2) is 0 Å². The predicted molar refractivity (Wildman–Crippen MR) is 76.6 cm³/mol. The number of aryl methyl sites for hydroxylation is 1. The van der Waals surface area contributed by atoms with E-state index in [9.17, 15) is 0 Å². The Hall–Kier alpha value is -1.26. The minimum Gasteiger partial charge on any atom is -0.397 e. The summed E-state index contributed by atoms with van der Waals surface area (Å²) >= 11 is 0. The lowest BCUT2D eigenvalue weighted by atomic mass is 10.2. The minimum absolute atomic E-state index is 0.662. The second kappa shape index (κ2) is 9.93. The fourth-order valence-electron chi connectivity index (χ4n) is 1.35. The summed E-state index contributed by atoms with van der Waals surface area (Å²) in [5.41, 5.74) is 24.0. The Morgan fingerprint density at radius 2 is 1.41 bits per heavy atom. The van der Waals surface area contributed by atoms with Crippen molar-refractivity contribution in [3.63, 3.8) is 0 Å². The van der Waals surface area contributed by atoms with Gasteiger partial charge in [0.25, 0.3) is 0 Å². The standard InChI is InChI=1S/C7H10N2.C6H16N2/c1-5-3-2-4-6(8)7(5)9;7-5-3-1-2-4-6-8/h2-4H,8-9H2,1H3;1-8H2. The summed E-state index contributed by atoms with van der Waals surface area (Å²) in [6, 6.07) is 5.62. The monoisotopic (exact) mass is 238 g/mol. The van der Waals surface area contributed by atoms with Crippen LogP contribution >= 0.6 is 0 Å². The highest BCUT2D eigenvalue weighted by molar-refractivity contribution is 5.66. The lowest BCUT2D eigenvalue weighted by molar-refractivity contribution is 0.653. The van der Waals surface area contributed by atoms with Crippen LogP contribution in [0.2, 0.25) is 0 Å². The number of para-hydroxylation sites is 1. The molecule has 0 saturated heterocycles. The van der Waals surface area contributed by atoms with Crippen LogP contribution in [-0.2, 0) is 0 Å². The number of benzene rings is 1. The molecular weight excluding hydrogens is 212 g/mol. The van der Waals surface area contributed by atoms with Gasteiger partial charge in [0.15, 0.2) is 0 Å². The van der Waals surface area contributed by atoms with E-state index in [1.807, 2.05) is 19.1 Å². The van der Waals surface area contributed by atoms with Crippen molar-refractivity contribution in [3.8, 4) is 0 Å². The molecule has 4 heteroatoms. The van der Waals surface area contributed by atoms with Gasteiger partial charge in [-0.2, -0.15) is 0 Å². The van der Waals surface area contributed by atoms with Crippen molar-refractivity contribution in [1.29, 1.82) is 0 Å². The van der Waals surface area contributed by atoms with Gasteiger partial charge in [0.05, 0.1) is 11.4 Å². The molecule has 0 spiro atoms. The van der Waals surface area contributed by atoms with Gasteiger partial charge in [-0.05, 0) is 44.5 Å². The number of unbranched alkanes of at least 4 members (excludes halogenated alkanes) is 3. The molecule has 8 N–H and O–H groups in total. The Labute approximate surface area is 104 Å². The van der Waals surface area contributed by atoms with Crippen LogP contribution in [0.3, 0.4) is 0 Å². The van der Waals surface area contributed by atoms with E-state index < -0.39 is 0 Å². The summed E-state index contributed by atoms with van der Waals surface area (Å²) < 4.78 is 0. The fourth-order valence-corrected chi connectivity index (χ4v) is 1.35. The highest BCUT2D eigenvalue weighted by Crippen LogP contribution is 2.17. The van der Waals surface area contributed by atoms with Crippen molar-refractivity contribution in [3.05, 3.63) is 23.8 Å². The van der Waals surface area contributed by atoms with Crippen molar-refractivity contribution in [1.82, 2.24) is 0 Å². The van der Waals surface area contributed by atoms with Crippen LogP contribution in [0, 0.1) is 6.92 Å². The number of hydrogen-bond acceptors (Lipinski definition) is 4. The van der Waals surface area contributed by atoms with E-state index in [-0.39, 0.29) is 0 Å². The van der Waals surface area contributed by atoms with E-state index in [4.69, 9.17) is 22.9 Å². The van der Waals surface area contributed by atoms with Gasteiger partial charge in [0.2, 0.25) is 0 Å². The average Bonchev–Trinajstić information content (AvgIpc) is 2.33. The van der Waals surface area contributed by atoms with E-state index in [0.29, 0.717) is 11.4 Å². The Bertz CT molecular complexity index is 273. The van der Waals surface area contributed by atoms with Crippen LogP contribution in [0.5, 0.6) is 0 Å². The third-order valence-electron chi connectivity index (χ3n) is 2.52. The zero-order chi connectivity index (χ0) is 13.1. The van der Waals surface area contributed by atoms with Gasteiger partial charge in [-0.1, -0.05) is 25.0 Å². The molecule has 0 unspecified atom stereocenters. The van der Waals surface area contributed by atoms with Gasteiger partial charge in [0, 0.05) is 0 Å². The normalized spacial score (nSPS) is 9.59. The quantitative estimate of drug-likeness (QED) is 0.462. The molecule has 0 atom stereocenters. The summed E-state index contributed by atoms with van der Waals surface area (Å²) in [4.78, 5) is 0. The molecule has 0 saturated carbocycles. The first kappa shape index (κ1) is 15.7. The zero-order valence-electron chi connectivity index (χ0n) is 10.8. The molecule has 0 bridgehead atoms. The van der Waals surface area contributed by atoms with Crippen LogP contribution in [0.1, 0.15) is 31.2 Å². The molecule has 0 aromatic heterocycles. The summed E-state index contributed by atoms with van der Waals surface area (Å²) in [6.45, 7) is 3.58. The van der Waals surface area contributed by atoms with E-state index in [1.54, 1.807) is 6.07 Å². The van der Waals surface area contributed by atoms with E-state index >= 15 is 0 Å². The predicted octanol–water partition coefficient (Wildman–Crippen LogP) is 1.62. The number of anilines is 2. The van der Waals surface area contributed by atoms with E-state index in [2.05, 4.69) is 0 Å². The maximum Gasteiger partial charge on any atom is 0.0577 e. The van der Waals surface area contributed by atoms with Crippen LogP contribution in [0.25, 0.3) is 0 Å². The van der Waals surface area contributed by atoms with Crippen LogP contribution in [0.4, 0.5) is 11.4 Å². The molecule has 0 amide bonds. The molecule has 1 aromatic carbocycles. The maximum atomic E-state index is 5.56. The highest BCUT2D eigenvalue weighted by atomic mass is 14.7. The molecule has 0 aliphatic rings. The molecular formula is C13H26N4. The zero-order valence-corrected chi connectivity index (χ0v) is 10.8. The van der Waals surface area contributed by atoms with Crippen molar-refractivity contribution >= 4 is 11.4 Å². The first-order chi connectivity index (χ1) is 8.13. The Morgan fingerprint density at radius 3 is 1.76 bits per heavy atom. The summed E-state index contributed by atoms with van der Waals surface area (Å²) in [5.74, 6) is 0. The smallest absolute Gasteiger partial charge is 0.0577 e. The largest absolute Gasteiger partial charge is 0.397 e. The third kappa shape index (κ3) is 7.60. The van der Waals surface area contributed by atoms with Crippen molar-refractivity contribution < 1.29 is 0 Å². The highest BCUT2D eigenvalue weighted by Gasteiger charge is 1.93. The lowest BCUT2D eigenvalue weighted by Crippen LogP contribution is -2.00. The van der Waals surface area contributed by atoms with Crippen LogP contribution in [-0.4, -0.2) is 13.1 Å². The molecule has 0 radical (unpaired) electrons. The van der Waals surface area contributed by atoms with Crippen LogP contribution in [0.15, 0.2) is 18.2 Å². The molecule has 0 heterocycles. The van der Waals surface area contributed by atoms with Gasteiger partial charge in [-0.3, -0.25) is 0 Å². The molecule has 1 aromatic rings. The Morgan fingerprint density at radius 1 is 0.882 bits per heavy atom. The molecule has 0 fully saturated rings. The second-order valence-electron chi connectivity index (χ2n) is 4.07. The Kier molecular flexibility index (Phi) is 9.19. The maximum absolute atomic E-state index is 5.56. The molecule has 0 aliphatic carbocycles. The molecule has 98 valence electrons. The number of hydrogen-bond donors (Lipinski definition) is 4. The summed E-state index contributed by atoms with van der Waals surface area (Å²) in [5, 5.41) is 0. The summed E-state index contributed by atoms with van der Waals surface area (Å²) in [7, 11) is 0. The third-order valence-corrected chi connectivity index (χ3v) is 2.52. The first-order valence-corrected chi connectivity index (χ1v) is 6.14. The van der Waals surface area contributed by atoms with Crippen LogP contribution < -0.4 is 22.9 Å². The fraction of sp³-hybridized carbons (Fsp3) is 0.538. The van der Waals surface area contributed by atoms with Crippen molar-refractivity contribution in [2.24, 2.45) is 11.5 Å². The molecule has 17 heavy (non-hydrogen) atoms. The number of nitrogen functional groups attached to an aromatic ring is 2. The van der Waals surface area contributed by atoms with Gasteiger partial charge in [-0.15, -0.1) is 0 Å². The lowest BCUT2D eigenvalue weighted by Gasteiger charge is -2.00.